The first-order chi connectivity index (χ1) is 22.4. The van der Waals surface area contributed by atoms with Crippen LogP contribution < -0.4 is 20.7 Å². The third-order valence-corrected chi connectivity index (χ3v) is 11.7. The van der Waals surface area contributed by atoms with E-state index in [0.717, 1.165) is 68.4 Å². The van der Waals surface area contributed by atoms with Gasteiger partial charge in [0.15, 0.2) is 11.6 Å². The van der Waals surface area contributed by atoms with Crippen molar-refractivity contribution in [3.05, 3.63) is 34.5 Å². The number of nitrogens with two attached hydrogens (primary N) is 1. The Bertz CT molecular complexity index is 1970. The lowest BCUT2D eigenvalue weighted by molar-refractivity contribution is 0.107. The van der Waals surface area contributed by atoms with Gasteiger partial charge in [0.2, 0.25) is 0 Å². The molecule has 4 fully saturated rings. The highest BCUT2D eigenvalue weighted by Gasteiger charge is 2.49. The lowest BCUT2D eigenvalue weighted by atomic mass is 9.93. The second-order valence-corrected chi connectivity index (χ2v) is 14.2. The molecule has 46 heavy (non-hydrogen) atoms. The summed E-state index contributed by atoms with van der Waals surface area (Å²) >= 11 is 0.936. The van der Waals surface area contributed by atoms with Crippen LogP contribution >= 0.6 is 11.3 Å². The molecule has 0 amide bonds. The van der Waals surface area contributed by atoms with Crippen molar-refractivity contribution >= 4 is 43.1 Å². The second kappa shape index (κ2) is 10.4. The van der Waals surface area contributed by atoms with Crippen LogP contribution in [0.1, 0.15) is 48.8 Å². The maximum Gasteiger partial charge on any atom is 0.319 e. The van der Waals surface area contributed by atoms with E-state index in [1.807, 2.05) is 0 Å². The third-order valence-electron chi connectivity index (χ3n) is 10.7. The van der Waals surface area contributed by atoms with Crippen LogP contribution in [0, 0.1) is 23.0 Å². The summed E-state index contributed by atoms with van der Waals surface area (Å²) in [6, 6.07) is 2.42. The molecule has 0 saturated carbocycles. The maximum atomic E-state index is 17.3. The quantitative estimate of drug-likeness (QED) is 0.318. The Morgan fingerprint density at radius 3 is 2.78 bits per heavy atom. The van der Waals surface area contributed by atoms with Gasteiger partial charge in [-0.25, -0.2) is 13.2 Å². The SMILES string of the molecule is N#Cc1c(N)sc2c(F)cnc(-c3c4c(c5c(N6C7CCC6CNC7)nc(OC[C@@]67CCCN6C[C@@H](F)C7)nc5c3F)COC4)c12. The molecule has 5 aliphatic rings. The number of anilines is 2. The Labute approximate surface area is 266 Å². The maximum absolute atomic E-state index is 17.3. The number of nitriles is 1. The number of nitrogen functional groups attached to an aromatic ring is 1. The Balaban J connectivity index is 1.27. The van der Waals surface area contributed by atoms with Gasteiger partial charge in [0.05, 0.1) is 46.3 Å². The molecule has 0 spiro atoms. The van der Waals surface area contributed by atoms with Gasteiger partial charge < -0.3 is 25.4 Å². The number of hydrogen-bond donors (Lipinski definition) is 2. The van der Waals surface area contributed by atoms with Crippen molar-refractivity contribution in [3.8, 4) is 23.3 Å². The predicted molar refractivity (Wildman–Crippen MR) is 166 cm³/mol. The van der Waals surface area contributed by atoms with Crippen molar-refractivity contribution in [3.63, 3.8) is 0 Å². The Morgan fingerprint density at radius 2 is 1.98 bits per heavy atom. The fourth-order valence-electron chi connectivity index (χ4n) is 8.65. The summed E-state index contributed by atoms with van der Waals surface area (Å²) in [5.41, 5.74) is 7.32. The molecule has 2 bridgehead atoms. The molecular formula is C32H31F3N8O2S. The highest BCUT2D eigenvalue weighted by atomic mass is 32.1. The molecular weight excluding hydrogens is 617 g/mol. The first kappa shape index (κ1) is 28.5. The zero-order chi connectivity index (χ0) is 31.3. The highest BCUT2D eigenvalue weighted by molar-refractivity contribution is 7.23. The number of hydrogen-bond acceptors (Lipinski definition) is 11. The van der Waals surface area contributed by atoms with Crippen LogP contribution in [0.4, 0.5) is 24.0 Å². The van der Waals surface area contributed by atoms with E-state index in [2.05, 4.69) is 26.2 Å². The largest absolute Gasteiger partial charge is 0.461 e. The molecule has 5 aliphatic heterocycles. The average molecular weight is 649 g/mol. The number of nitrogens with zero attached hydrogens (tertiary/aromatic N) is 6. The molecule has 1 aromatic carbocycles. The minimum Gasteiger partial charge on any atom is -0.461 e. The minimum absolute atomic E-state index is 0.0300. The third kappa shape index (κ3) is 4.01. The molecule has 238 valence electrons. The van der Waals surface area contributed by atoms with Crippen LogP contribution in [0.15, 0.2) is 6.20 Å². The van der Waals surface area contributed by atoms with Crippen LogP contribution in [-0.4, -0.2) is 76.4 Å². The van der Waals surface area contributed by atoms with Crippen LogP contribution in [0.3, 0.4) is 0 Å². The van der Waals surface area contributed by atoms with Crippen molar-refractivity contribution in [2.24, 2.45) is 0 Å². The number of ether oxygens (including phenoxy) is 2. The fourth-order valence-corrected chi connectivity index (χ4v) is 9.57. The summed E-state index contributed by atoms with van der Waals surface area (Å²) in [7, 11) is 0. The van der Waals surface area contributed by atoms with Crippen LogP contribution in [0.2, 0.25) is 0 Å². The lowest BCUT2D eigenvalue weighted by Gasteiger charge is -2.37. The number of rotatable bonds is 5. The van der Waals surface area contributed by atoms with E-state index in [0.29, 0.717) is 29.7 Å². The van der Waals surface area contributed by atoms with Gasteiger partial charge in [-0.2, -0.15) is 15.2 Å². The topological polar surface area (TPSA) is 125 Å². The number of aromatic nitrogens is 3. The van der Waals surface area contributed by atoms with Gasteiger partial charge in [-0.3, -0.25) is 9.88 Å². The van der Waals surface area contributed by atoms with Gasteiger partial charge >= 0.3 is 6.01 Å². The van der Waals surface area contributed by atoms with E-state index in [4.69, 9.17) is 25.2 Å². The molecule has 0 radical (unpaired) electrons. The van der Waals surface area contributed by atoms with Crippen LogP contribution in [0.5, 0.6) is 6.01 Å². The van der Waals surface area contributed by atoms with E-state index in [1.54, 1.807) is 0 Å². The van der Waals surface area contributed by atoms with Gasteiger partial charge in [0.25, 0.3) is 0 Å². The fraction of sp³-hybridized carbons (Fsp3) is 0.500. The van der Waals surface area contributed by atoms with E-state index < -0.39 is 23.3 Å². The van der Waals surface area contributed by atoms with Gasteiger partial charge in [0, 0.05) is 49.1 Å². The Hall–Kier alpha value is -3.77. The van der Waals surface area contributed by atoms with Crippen molar-refractivity contribution < 1.29 is 22.6 Å². The first-order valence-corrected chi connectivity index (χ1v) is 16.6. The highest BCUT2D eigenvalue weighted by Crippen LogP contribution is 2.48. The molecule has 4 saturated heterocycles. The zero-order valence-electron chi connectivity index (χ0n) is 24.9. The van der Waals surface area contributed by atoms with Crippen LogP contribution in [-0.2, 0) is 18.0 Å². The summed E-state index contributed by atoms with van der Waals surface area (Å²) in [6.07, 6.45) is 4.23. The zero-order valence-corrected chi connectivity index (χ0v) is 25.7. The van der Waals surface area contributed by atoms with Crippen LogP contribution in [0.25, 0.3) is 32.2 Å². The van der Waals surface area contributed by atoms with Crippen molar-refractivity contribution in [1.29, 1.82) is 5.26 Å². The number of nitrogens with one attached hydrogen (secondary N) is 1. The average Bonchev–Trinajstić information content (AvgIpc) is 3.85. The van der Waals surface area contributed by atoms with E-state index in [-0.39, 0.29) is 75.3 Å². The van der Waals surface area contributed by atoms with E-state index in [1.165, 1.54) is 0 Å². The molecule has 9 rings (SSSR count). The molecule has 2 unspecified atom stereocenters. The summed E-state index contributed by atoms with van der Waals surface area (Å²) in [5.74, 6) is -0.704. The number of piperazine rings is 1. The first-order valence-electron chi connectivity index (χ1n) is 15.8. The van der Waals surface area contributed by atoms with E-state index >= 15 is 4.39 Å². The molecule has 3 aromatic heterocycles. The minimum atomic E-state index is -0.916. The number of fused-ring (bicyclic) bond motifs is 7. The molecule has 8 heterocycles. The number of pyridine rings is 1. The van der Waals surface area contributed by atoms with Gasteiger partial charge in [-0.15, -0.1) is 11.3 Å². The molecule has 3 N–H and O–H groups in total. The molecule has 10 nitrogen and oxygen atoms in total. The Kier molecular flexibility index (Phi) is 6.41. The summed E-state index contributed by atoms with van der Waals surface area (Å²) in [6.45, 7) is 3.28. The number of benzene rings is 1. The predicted octanol–water partition coefficient (Wildman–Crippen LogP) is 4.56. The Morgan fingerprint density at radius 1 is 1.17 bits per heavy atom. The van der Waals surface area contributed by atoms with Gasteiger partial charge in [-0.1, -0.05) is 0 Å². The summed E-state index contributed by atoms with van der Waals surface area (Å²) in [5, 5.41) is 14.3. The van der Waals surface area contributed by atoms with Gasteiger partial charge in [-0.05, 0) is 43.4 Å². The number of thiophene rings is 1. The normalized spacial score (nSPS) is 27.1. The van der Waals surface area contributed by atoms with E-state index in [9.17, 15) is 14.0 Å². The molecule has 14 heteroatoms. The standard InChI is InChI=1S/C32H31F3N8O2S/c33-15-6-32(4-1-5-42(32)11-15)14-45-31-40-27-24(30(41-31)43-16-2-3-17(43)9-38-8-16)20-13-44-12-19(20)22(25(27)35)26-23-18(7-36)29(37)46-28(23)21(34)10-39-26/h10,15-17,38H,1-6,8-9,11-14,37H2/t15-,16?,17?,32-/m0/s1. The van der Waals surface area contributed by atoms with Gasteiger partial charge in [0.1, 0.15) is 35.2 Å². The lowest BCUT2D eigenvalue weighted by Crippen LogP contribution is -2.52. The summed E-state index contributed by atoms with van der Waals surface area (Å²) < 4.78 is 59.2. The second-order valence-electron chi connectivity index (χ2n) is 13.1. The smallest absolute Gasteiger partial charge is 0.319 e. The van der Waals surface area contributed by atoms with Crippen molar-refractivity contribution in [2.45, 2.75) is 69.1 Å². The number of alkyl halides is 1. The molecule has 4 aromatic rings. The van der Waals surface area contributed by atoms with Crippen molar-refractivity contribution in [2.75, 3.05) is 43.4 Å². The summed E-state index contributed by atoms with van der Waals surface area (Å²) in [4.78, 5) is 18.4. The monoisotopic (exact) mass is 648 g/mol. The van der Waals surface area contributed by atoms with Crippen molar-refractivity contribution in [1.82, 2.24) is 25.2 Å². The molecule has 0 aliphatic carbocycles. The molecule has 4 atom stereocenters. The number of halogens is 3.